The summed E-state index contributed by atoms with van der Waals surface area (Å²) in [5, 5.41) is 0. The van der Waals surface area contributed by atoms with E-state index < -0.39 is 18.0 Å². The molecule has 90 valence electrons. The van der Waals surface area contributed by atoms with Crippen LogP contribution in [0.3, 0.4) is 0 Å². The molecule has 0 saturated heterocycles. The van der Waals surface area contributed by atoms with Gasteiger partial charge >= 0.3 is 5.51 Å². The standard InChI is InChI=1S/C9H8F5NS/c10-8(11,5-15)6-1-3-7(4-2-6)16-9(12,13)14/h1-4H,5,15H2. The smallest absolute Gasteiger partial charge is 0.325 e. The Labute approximate surface area is 92.8 Å². The molecule has 0 amide bonds. The molecule has 0 bridgehead atoms. The molecule has 0 aliphatic carbocycles. The Bertz CT molecular complexity index is 346. The zero-order chi connectivity index (χ0) is 12.4. The fraction of sp³-hybridized carbons (Fsp3) is 0.333. The van der Waals surface area contributed by atoms with Gasteiger partial charge in [-0.25, -0.2) is 0 Å². The van der Waals surface area contributed by atoms with Crippen molar-refractivity contribution in [2.75, 3.05) is 6.54 Å². The summed E-state index contributed by atoms with van der Waals surface area (Å²) in [6, 6.07) is 3.88. The van der Waals surface area contributed by atoms with Crippen LogP contribution in [0.25, 0.3) is 0 Å². The highest BCUT2D eigenvalue weighted by Crippen LogP contribution is 2.37. The summed E-state index contributed by atoms with van der Waals surface area (Å²) in [4.78, 5) is -0.135. The summed E-state index contributed by atoms with van der Waals surface area (Å²) < 4.78 is 61.8. The Balaban J connectivity index is 2.84. The lowest BCUT2D eigenvalue weighted by Gasteiger charge is -2.14. The summed E-state index contributed by atoms with van der Waals surface area (Å²) in [5.41, 5.74) is 0.0367. The van der Waals surface area contributed by atoms with Crippen LogP contribution in [-0.2, 0) is 5.92 Å². The van der Waals surface area contributed by atoms with Gasteiger partial charge in [0.1, 0.15) is 0 Å². The maximum atomic E-state index is 13.0. The van der Waals surface area contributed by atoms with Crippen molar-refractivity contribution in [3.63, 3.8) is 0 Å². The van der Waals surface area contributed by atoms with Crippen molar-refractivity contribution in [3.05, 3.63) is 29.8 Å². The molecule has 1 aromatic carbocycles. The van der Waals surface area contributed by atoms with Gasteiger partial charge < -0.3 is 5.73 Å². The molecule has 0 saturated carbocycles. The number of thioether (sulfide) groups is 1. The van der Waals surface area contributed by atoms with Crippen molar-refractivity contribution in [3.8, 4) is 0 Å². The third kappa shape index (κ3) is 3.64. The molecule has 0 heterocycles. The molecule has 0 aliphatic heterocycles. The van der Waals surface area contributed by atoms with E-state index >= 15 is 0 Å². The maximum absolute atomic E-state index is 13.0. The van der Waals surface area contributed by atoms with Gasteiger partial charge in [-0.05, 0) is 23.9 Å². The Hall–Kier alpha value is -0.820. The average Bonchev–Trinajstić information content (AvgIpc) is 2.16. The minimum Gasteiger partial charge on any atom is -0.325 e. The van der Waals surface area contributed by atoms with Gasteiger partial charge in [-0.1, -0.05) is 12.1 Å². The molecule has 16 heavy (non-hydrogen) atoms. The molecule has 1 nitrogen and oxygen atoms in total. The topological polar surface area (TPSA) is 26.0 Å². The second-order valence-corrected chi connectivity index (χ2v) is 4.12. The number of nitrogens with two attached hydrogens (primary N) is 1. The molecule has 0 spiro atoms. The largest absolute Gasteiger partial charge is 0.446 e. The van der Waals surface area contributed by atoms with E-state index in [1.54, 1.807) is 0 Å². The quantitative estimate of drug-likeness (QED) is 0.663. The van der Waals surface area contributed by atoms with E-state index in [1.165, 1.54) is 0 Å². The van der Waals surface area contributed by atoms with Gasteiger partial charge in [-0.15, -0.1) is 0 Å². The third-order valence-electron chi connectivity index (χ3n) is 1.77. The zero-order valence-electron chi connectivity index (χ0n) is 7.89. The number of rotatable bonds is 3. The Morgan fingerprint density at radius 2 is 1.50 bits per heavy atom. The van der Waals surface area contributed by atoms with E-state index in [2.05, 4.69) is 0 Å². The first kappa shape index (κ1) is 13.2. The third-order valence-corrected chi connectivity index (χ3v) is 2.51. The highest BCUT2D eigenvalue weighted by Gasteiger charge is 2.31. The van der Waals surface area contributed by atoms with Crippen LogP contribution in [0.5, 0.6) is 0 Å². The van der Waals surface area contributed by atoms with E-state index in [9.17, 15) is 22.0 Å². The van der Waals surface area contributed by atoms with Gasteiger partial charge in [0.15, 0.2) is 0 Å². The van der Waals surface area contributed by atoms with Crippen molar-refractivity contribution < 1.29 is 22.0 Å². The molecule has 0 radical (unpaired) electrons. The predicted molar refractivity (Wildman–Crippen MR) is 51.3 cm³/mol. The Kier molecular flexibility index (Phi) is 3.80. The van der Waals surface area contributed by atoms with Crippen LogP contribution in [0.2, 0.25) is 0 Å². The molecule has 7 heteroatoms. The second-order valence-electron chi connectivity index (χ2n) is 2.98. The van der Waals surface area contributed by atoms with E-state index in [0.29, 0.717) is 0 Å². The number of alkyl halides is 5. The van der Waals surface area contributed by atoms with Crippen LogP contribution in [-0.4, -0.2) is 12.1 Å². The van der Waals surface area contributed by atoms with Gasteiger partial charge in [0.25, 0.3) is 5.92 Å². The number of hydrogen-bond acceptors (Lipinski definition) is 2. The lowest BCUT2D eigenvalue weighted by molar-refractivity contribution is -0.0328. The first-order chi connectivity index (χ1) is 7.24. The number of benzene rings is 1. The molecule has 0 unspecified atom stereocenters. The minimum absolute atomic E-state index is 0.135. The van der Waals surface area contributed by atoms with Crippen molar-refractivity contribution in [1.29, 1.82) is 0 Å². The van der Waals surface area contributed by atoms with Gasteiger partial charge in [-0.2, -0.15) is 22.0 Å². The van der Waals surface area contributed by atoms with Gasteiger partial charge in [0, 0.05) is 10.5 Å². The predicted octanol–water partition coefficient (Wildman–Crippen LogP) is 3.35. The van der Waals surface area contributed by atoms with Crippen molar-refractivity contribution in [2.24, 2.45) is 5.73 Å². The SMILES string of the molecule is NCC(F)(F)c1ccc(SC(F)(F)F)cc1. The Morgan fingerprint density at radius 3 is 1.88 bits per heavy atom. The lowest BCUT2D eigenvalue weighted by atomic mass is 10.1. The number of hydrogen-bond donors (Lipinski definition) is 1. The molecule has 1 aromatic rings. The van der Waals surface area contributed by atoms with Crippen molar-refractivity contribution in [1.82, 2.24) is 0 Å². The molecule has 0 fully saturated rings. The summed E-state index contributed by atoms with van der Waals surface area (Å²) in [5.74, 6) is -3.21. The van der Waals surface area contributed by atoms with Crippen molar-refractivity contribution >= 4 is 11.8 Å². The van der Waals surface area contributed by atoms with Crippen LogP contribution in [0.4, 0.5) is 22.0 Å². The van der Waals surface area contributed by atoms with Gasteiger partial charge in [-0.3, -0.25) is 0 Å². The lowest BCUT2D eigenvalue weighted by Crippen LogP contribution is -2.24. The van der Waals surface area contributed by atoms with Crippen LogP contribution in [0.15, 0.2) is 29.2 Å². The highest BCUT2D eigenvalue weighted by molar-refractivity contribution is 8.00. The normalized spacial score (nSPS) is 12.9. The fourth-order valence-electron chi connectivity index (χ4n) is 1.02. The molecule has 0 atom stereocenters. The monoisotopic (exact) mass is 257 g/mol. The highest BCUT2D eigenvalue weighted by atomic mass is 32.2. The van der Waals surface area contributed by atoms with E-state index in [0.717, 1.165) is 24.3 Å². The van der Waals surface area contributed by atoms with Crippen molar-refractivity contribution in [2.45, 2.75) is 16.3 Å². The summed E-state index contributed by atoms with van der Waals surface area (Å²) >= 11 is -0.348. The molecule has 0 aliphatic rings. The van der Waals surface area contributed by atoms with Crippen LogP contribution >= 0.6 is 11.8 Å². The minimum atomic E-state index is -4.42. The number of halogens is 5. The van der Waals surface area contributed by atoms with E-state index in [1.807, 2.05) is 0 Å². The summed E-state index contributed by atoms with van der Waals surface area (Å²) in [6.45, 7) is -0.876. The molecule has 1 rings (SSSR count). The van der Waals surface area contributed by atoms with Crippen LogP contribution in [0.1, 0.15) is 5.56 Å². The average molecular weight is 257 g/mol. The first-order valence-corrected chi connectivity index (χ1v) is 5.00. The summed E-state index contributed by atoms with van der Waals surface area (Å²) in [7, 11) is 0. The molecular weight excluding hydrogens is 249 g/mol. The first-order valence-electron chi connectivity index (χ1n) is 4.19. The molecule has 0 aromatic heterocycles. The molecular formula is C9H8F5NS. The van der Waals surface area contributed by atoms with Gasteiger partial charge in [0.05, 0.1) is 6.54 Å². The second kappa shape index (κ2) is 4.58. The van der Waals surface area contributed by atoms with Crippen LogP contribution < -0.4 is 5.73 Å². The maximum Gasteiger partial charge on any atom is 0.446 e. The van der Waals surface area contributed by atoms with E-state index in [-0.39, 0.29) is 22.2 Å². The summed E-state index contributed by atoms with van der Waals surface area (Å²) in [6.07, 6.45) is 0. The molecule has 2 N–H and O–H groups in total. The fourth-order valence-corrected chi connectivity index (χ4v) is 1.56. The van der Waals surface area contributed by atoms with Crippen LogP contribution in [0, 0.1) is 0 Å². The zero-order valence-corrected chi connectivity index (χ0v) is 8.71. The van der Waals surface area contributed by atoms with Gasteiger partial charge in [0.2, 0.25) is 0 Å². The van der Waals surface area contributed by atoms with E-state index in [4.69, 9.17) is 5.73 Å². The Morgan fingerprint density at radius 1 is 1.00 bits per heavy atom.